The Hall–Kier alpha value is -2.62. The van der Waals surface area contributed by atoms with Gasteiger partial charge in [0.1, 0.15) is 5.82 Å². The van der Waals surface area contributed by atoms with Crippen LogP contribution in [0.25, 0.3) is 22.4 Å². The molecular formula is C17H16N2O2. The summed E-state index contributed by atoms with van der Waals surface area (Å²) in [6, 6.07) is 13.2. The molecule has 4 heteroatoms. The summed E-state index contributed by atoms with van der Waals surface area (Å²) in [5, 5.41) is 9.09. The molecule has 0 radical (unpaired) electrons. The first kappa shape index (κ1) is 13.4. The van der Waals surface area contributed by atoms with Gasteiger partial charge in [0.2, 0.25) is 0 Å². The lowest BCUT2D eigenvalue weighted by Crippen LogP contribution is -1.96. The fraction of sp³-hybridized carbons (Fsp3) is 0.176. The van der Waals surface area contributed by atoms with Crippen molar-refractivity contribution in [1.29, 1.82) is 0 Å². The van der Waals surface area contributed by atoms with Crippen LogP contribution in [-0.4, -0.2) is 20.6 Å². The van der Waals surface area contributed by atoms with Gasteiger partial charge in [-0.3, -0.25) is 0 Å². The van der Waals surface area contributed by atoms with E-state index < -0.39 is 5.97 Å². The average Bonchev–Trinajstić information content (AvgIpc) is 2.83. The fourth-order valence-electron chi connectivity index (χ4n) is 2.62. The van der Waals surface area contributed by atoms with Gasteiger partial charge >= 0.3 is 5.97 Å². The Labute approximate surface area is 122 Å². The number of hydrogen-bond acceptors (Lipinski definition) is 2. The van der Waals surface area contributed by atoms with Crippen molar-refractivity contribution in [2.45, 2.75) is 13.3 Å². The first-order valence-corrected chi connectivity index (χ1v) is 6.90. The maximum absolute atomic E-state index is 11.1. The zero-order chi connectivity index (χ0) is 15.0. The van der Waals surface area contributed by atoms with Crippen LogP contribution in [0.3, 0.4) is 0 Å². The highest BCUT2D eigenvalue weighted by Gasteiger charge is 2.14. The Morgan fingerprint density at radius 3 is 2.71 bits per heavy atom. The molecule has 3 aromatic rings. The number of rotatable bonds is 3. The molecule has 2 aromatic carbocycles. The zero-order valence-corrected chi connectivity index (χ0v) is 12.0. The third-order valence-electron chi connectivity index (χ3n) is 3.77. The molecule has 0 amide bonds. The molecule has 21 heavy (non-hydrogen) atoms. The van der Waals surface area contributed by atoms with Gasteiger partial charge in [0, 0.05) is 12.6 Å². The number of imidazole rings is 1. The molecule has 0 bridgehead atoms. The van der Waals surface area contributed by atoms with Crippen molar-refractivity contribution in [2.75, 3.05) is 0 Å². The molecule has 1 N–H and O–H groups in total. The number of fused-ring (bicyclic) bond motifs is 1. The molecule has 0 atom stereocenters. The van der Waals surface area contributed by atoms with Crippen molar-refractivity contribution in [1.82, 2.24) is 9.55 Å². The van der Waals surface area contributed by atoms with Gasteiger partial charge in [-0.2, -0.15) is 0 Å². The van der Waals surface area contributed by atoms with Gasteiger partial charge in [-0.1, -0.05) is 31.2 Å². The first-order chi connectivity index (χ1) is 10.1. The van der Waals surface area contributed by atoms with Crippen LogP contribution >= 0.6 is 0 Å². The van der Waals surface area contributed by atoms with E-state index in [2.05, 4.69) is 24.0 Å². The van der Waals surface area contributed by atoms with E-state index in [9.17, 15) is 4.79 Å². The second kappa shape index (κ2) is 5.05. The summed E-state index contributed by atoms with van der Waals surface area (Å²) in [6.45, 7) is 2.12. The second-order valence-corrected chi connectivity index (χ2v) is 5.01. The summed E-state index contributed by atoms with van der Waals surface area (Å²) < 4.78 is 2.01. The Kier molecular flexibility index (Phi) is 3.22. The molecule has 0 unspecified atom stereocenters. The maximum Gasteiger partial charge on any atom is 0.335 e. The van der Waals surface area contributed by atoms with E-state index in [0.717, 1.165) is 23.3 Å². The van der Waals surface area contributed by atoms with Gasteiger partial charge < -0.3 is 9.67 Å². The highest BCUT2D eigenvalue weighted by atomic mass is 16.4. The highest BCUT2D eigenvalue weighted by Crippen LogP contribution is 2.27. The van der Waals surface area contributed by atoms with Crippen LogP contribution in [0.2, 0.25) is 0 Å². The number of carboxylic acids is 1. The topological polar surface area (TPSA) is 55.1 Å². The second-order valence-electron chi connectivity index (χ2n) is 5.01. The molecule has 0 aliphatic heterocycles. The number of hydrogen-bond donors (Lipinski definition) is 1. The third-order valence-corrected chi connectivity index (χ3v) is 3.77. The van der Waals surface area contributed by atoms with Crippen molar-refractivity contribution in [3.8, 4) is 11.4 Å². The molecule has 0 fully saturated rings. The summed E-state index contributed by atoms with van der Waals surface area (Å²) in [6.07, 6.45) is 0.930. The van der Waals surface area contributed by atoms with E-state index >= 15 is 0 Å². The van der Waals surface area contributed by atoms with E-state index in [1.54, 1.807) is 12.1 Å². The molecule has 3 rings (SSSR count). The summed E-state index contributed by atoms with van der Waals surface area (Å²) in [5.74, 6) is -0.0666. The molecule has 4 nitrogen and oxygen atoms in total. The highest BCUT2D eigenvalue weighted by molar-refractivity contribution is 5.93. The Bertz CT molecular complexity index is 834. The maximum atomic E-state index is 11.1. The monoisotopic (exact) mass is 280 g/mol. The van der Waals surface area contributed by atoms with Crippen LogP contribution in [0.5, 0.6) is 0 Å². The van der Waals surface area contributed by atoms with Gasteiger partial charge in [0.15, 0.2) is 0 Å². The third kappa shape index (κ3) is 2.18. The van der Waals surface area contributed by atoms with Gasteiger partial charge in [-0.05, 0) is 30.2 Å². The van der Waals surface area contributed by atoms with Crippen LogP contribution in [-0.2, 0) is 13.5 Å². The fourth-order valence-corrected chi connectivity index (χ4v) is 2.62. The molecule has 0 saturated carbocycles. The minimum Gasteiger partial charge on any atom is -0.478 e. The predicted octanol–water partition coefficient (Wildman–Crippen LogP) is 3.50. The van der Waals surface area contributed by atoms with Crippen LogP contribution in [0.15, 0.2) is 42.5 Å². The summed E-state index contributed by atoms with van der Waals surface area (Å²) in [5.41, 5.74) is 4.22. The van der Waals surface area contributed by atoms with E-state index in [1.807, 2.05) is 29.8 Å². The van der Waals surface area contributed by atoms with E-state index in [1.165, 1.54) is 5.56 Å². The van der Waals surface area contributed by atoms with Crippen LogP contribution in [0.1, 0.15) is 22.8 Å². The van der Waals surface area contributed by atoms with Crippen LogP contribution < -0.4 is 0 Å². The number of nitrogens with zero attached hydrogens (tertiary/aromatic N) is 2. The number of aromatic carboxylic acids is 1. The van der Waals surface area contributed by atoms with Crippen molar-refractivity contribution in [2.24, 2.45) is 7.05 Å². The number of carbonyl (C=O) groups is 1. The average molecular weight is 280 g/mol. The number of aryl methyl sites for hydroxylation is 2. The van der Waals surface area contributed by atoms with Gasteiger partial charge in [-0.15, -0.1) is 0 Å². The Morgan fingerprint density at radius 1 is 1.24 bits per heavy atom. The Balaban J connectivity index is 2.24. The predicted molar refractivity (Wildman–Crippen MR) is 82.5 cm³/mol. The molecule has 0 spiro atoms. The lowest BCUT2D eigenvalue weighted by molar-refractivity contribution is 0.0697. The molecular weight excluding hydrogens is 264 g/mol. The first-order valence-electron chi connectivity index (χ1n) is 6.90. The zero-order valence-electron chi connectivity index (χ0n) is 12.0. The Morgan fingerprint density at radius 2 is 2.00 bits per heavy atom. The molecule has 1 aromatic heterocycles. The van der Waals surface area contributed by atoms with Crippen LogP contribution in [0.4, 0.5) is 0 Å². The normalized spacial score (nSPS) is 11.0. The van der Waals surface area contributed by atoms with Crippen molar-refractivity contribution in [3.63, 3.8) is 0 Å². The van der Waals surface area contributed by atoms with Crippen molar-refractivity contribution < 1.29 is 9.90 Å². The standard InChI is InChI=1S/C17H16N2O2/c1-3-11-6-4-5-7-13(11)16-18-14-10-12(17(20)21)8-9-15(14)19(16)2/h4-10H,3H2,1-2H3,(H,20,21). The van der Waals surface area contributed by atoms with Gasteiger partial charge in [0.25, 0.3) is 0 Å². The van der Waals surface area contributed by atoms with E-state index in [4.69, 9.17) is 5.11 Å². The molecule has 1 heterocycles. The minimum atomic E-state index is -0.932. The van der Waals surface area contributed by atoms with Crippen LogP contribution in [0, 0.1) is 0 Å². The summed E-state index contributed by atoms with van der Waals surface area (Å²) >= 11 is 0. The molecule has 0 aliphatic carbocycles. The SMILES string of the molecule is CCc1ccccc1-c1nc2cc(C(=O)O)ccc2n1C. The van der Waals surface area contributed by atoms with Gasteiger partial charge in [-0.25, -0.2) is 9.78 Å². The number of carboxylic acid groups (broad SMARTS) is 1. The lowest BCUT2D eigenvalue weighted by atomic mass is 10.0. The largest absolute Gasteiger partial charge is 0.478 e. The molecule has 0 saturated heterocycles. The van der Waals surface area contributed by atoms with Crippen molar-refractivity contribution >= 4 is 17.0 Å². The number of benzene rings is 2. The minimum absolute atomic E-state index is 0.260. The molecule has 0 aliphatic rings. The lowest BCUT2D eigenvalue weighted by Gasteiger charge is -2.07. The van der Waals surface area contributed by atoms with Crippen molar-refractivity contribution in [3.05, 3.63) is 53.6 Å². The van der Waals surface area contributed by atoms with E-state index in [-0.39, 0.29) is 5.56 Å². The van der Waals surface area contributed by atoms with E-state index in [0.29, 0.717) is 5.52 Å². The quantitative estimate of drug-likeness (QED) is 0.799. The molecule has 106 valence electrons. The smallest absolute Gasteiger partial charge is 0.335 e. The summed E-state index contributed by atoms with van der Waals surface area (Å²) in [4.78, 5) is 15.7. The number of aromatic nitrogens is 2. The van der Waals surface area contributed by atoms with Gasteiger partial charge in [0.05, 0.1) is 16.6 Å². The summed E-state index contributed by atoms with van der Waals surface area (Å²) in [7, 11) is 1.96.